The van der Waals surface area contributed by atoms with Crippen molar-refractivity contribution in [2.75, 3.05) is 6.61 Å². The van der Waals surface area contributed by atoms with Crippen LogP contribution in [0.15, 0.2) is 30.3 Å². The first-order valence-electron chi connectivity index (χ1n) is 3.46. The van der Waals surface area contributed by atoms with E-state index in [-0.39, 0.29) is 0 Å². The van der Waals surface area contributed by atoms with Gasteiger partial charge in [0.2, 0.25) is 0 Å². The number of para-hydroxylation sites is 1. The molecule has 56 valence electrons. The predicted molar refractivity (Wildman–Crippen MR) is 48.8 cm³/mol. The molecule has 0 N–H and O–H groups in total. The number of halogens is 1. The standard InChI is InChI=1S/C9H7BrO/c10-8-5-6-11-9-4-2-1-3-7(8)9/h1-5H,6H2. The molecule has 1 aliphatic heterocycles. The van der Waals surface area contributed by atoms with E-state index in [2.05, 4.69) is 15.9 Å². The van der Waals surface area contributed by atoms with Crippen molar-refractivity contribution >= 4 is 20.4 Å². The largest absolute Gasteiger partial charge is 0.489 e. The summed E-state index contributed by atoms with van der Waals surface area (Å²) in [6, 6.07) is 7.99. The van der Waals surface area contributed by atoms with E-state index in [1.165, 1.54) is 0 Å². The lowest BCUT2D eigenvalue weighted by Crippen LogP contribution is -2.01. The van der Waals surface area contributed by atoms with Gasteiger partial charge in [-0.15, -0.1) is 0 Å². The zero-order valence-electron chi connectivity index (χ0n) is 5.88. The van der Waals surface area contributed by atoms with Gasteiger partial charge in [0.1, 0.15) is 12.4 Å². The molecule has 1 heterocycles. The number of hydrogen-bond donors (Lipinski definition) is 0. The van der Waals surface area contributed by atoms with Crippen LogP contribution in [0.1, 0.15) is 5.56 Å². The van der Waals surface area contributed by atoms with E-state index < -0.39 is 0 Å². The average Bonchev–Trinajstić information content (AvgIpc) is 2.06. The summed E-state index contributed by atoms with van der Waals surface area (Å²) in [6.45, 7) is 0.664. The molecule has 0 amide bonds. The molecular weight excluding hydrogens is 204 g/mol. The Balaban J connectivity index is 2.56. The van der Waals surface area contributed by atoms with Crippen LogP contribution in [0, 0.1) is 0 Å². The molecule has 11 heavy (non-hydrogen) atoms. The van der Waals surface area contributed by atoms with Crippen LogP contribution < -0.4 is 4.74 Å². The Morgan fingerprint density at radius 1 is 1.27 bits per heavy atom. The van der Waals surface area contributed by atoms with Crippen molar-refractivity contribution < 1.29 is 4.74 Å². The van der Waals surface area contributed by atoms with Gasteiger partial charge in [-0.2, -0.15) is 0 Å². The first kappa shape index (κ1) is 6.92. The van der Waals surface area contributed by atoms with Gasteiger partial charge in [0.15, 0.2) is 0 Å². The van der Waals surface area contributed by atoms with Crippen molar-refractivity contribution in [3.05, 3.63) is 35.9 Å². The van der Waals surface area contributed by atoms with Gasteiger partial charge in [0, 0.05) is 10.0 Å². The fourth-order valence-electron chi connectivity index (χ4n) is 1.10. The topological polar surface area (TPSA) is 9.23 Å². The Kier molecular flexibility index (Phi) is 1.70. The van der Waals surface area contributed by atoms with E-state index in [9.17, 15) is 0 Å². The lowest BCUT2D eigenvalue weighted by Gasteiger charge is -2.14. The fourth-order valence-corrected chi connectivity index (χ4v) is 1.56. The van der Waals surface area contributed by atoms with Crippen LogP contribution in [0.2, 0.25) is 0 Å². The minimum Gasteiger partial charge on any atom is -0.489 e. The first-order valence-corrected chi connectivity index (χ1v) is 4.25. The summed E-state index contributed by atoms with van der Waals surface area (Å²) >= 11 is 3.47. The normalized spacial score (nSPS) is 14.8. The Labute approximate surface area is 73.8 Å². The number of hydrogen-bond acceptors (Lipinski definition) is 1. The van der Waals surface area contributed by atoms with Crippen molar-refractivity contribution in [2.24, 2.45) is 0 Å². The second-order valence-corrected chi connectivity index (χ2v) is 3.21. The van der Waals surface area contributed by atoms with E-state index in [4.69, 9.17) is 4.74 Å². The van der Waals surface area contributed by atoms with E-state index in [0.717, 1.165) is 15.8 Å². The lowest BCUT2D eigenvalue weighted by atomic mass is 10.1. The maximum Gasteiger partial charge on any atom is 0.128 e. The highest BCUT2D eigenvalue weighted by molar-refractivity contribution is 9.15. The van der Waals surface area contributed by atoms with Gasteiger partial charge in [0.25, 0.3) is 0 Å². The van der Waals surface area contributed by atoms with Crippen molar-refractivity contribution in [1.29, 1.82) is 0 Å². The van der Waals surface area contributed by atoms with Gasteiger partial charge in [0.05, 0.1) is 0 Å². The van der Waals surface area contributed by atoms with E-state index >= 15 is 0 Å². The van der Waals surface area contributed by atoms with Gasteiger partial charge in [-0.05, 0) is 12.1 Å². The highest BCUT2D eigenvalue weighted by Gasteiger charge is 2.09. The number of fused-ring (bicyclic) bond motifs is 1. The molecule has 0 atom stereocenters. The third-order valence-corrected chi connectivity index (χ3v) is 2.40. The van der Waals surface area contributed by atoms with Gasteiger partial charge < -0.3 is 4.74 Å². The molecule has 0 spiro atoms. The van der Waals surface area contributed by atoms with Crippen molar-refractivity contribution in [2.45, 2.75) is 0 Å². The third-order valence-electron chi connectivity index (χ3n) is 1.65. The molecule has 0 aromatic heterocycles. The van der Waals surface area contributed by atoms with Crippen LogP contribution in [0.5, 0.6) is 5.75 Å². The van der Waals surface area contributed by atoms with Crippen molar-refractivity contribution in [1.82, 2.24) is 0 Å². The average molecular weight is 211 g/mol. The fraction of sp³-hybridized carbons (Fsp3) is 0.111. The molecule has 0 radical (unpaired) electrons. The van der Waals surface area contributed by atoms with Crippen molar-refractivity contribution in [3.8, 4) is 5.75 Å². The molecule has 0 unspecified atom stereocenters. The molecule has 0 saturated heterocycles. The van der Waals surface area contributed by atoms with Gasteiger partial charge >= 0.3 is 0 Å². The first-order chi connectivity index (χ1) is 5.38. The highest BCUT2D eigenvalue weighted by Crippen LogP contribution is 2.32. The Morgan fingerprint density at radius 2 is 2.09 bits per heavy atom. The molecule has 1 aromatic rings. The summed E-state index contributed by atoms with van der Waals surface area (Å²) < 4.78 is 6.51. The van der Waals surface area contributed by atoms with Crippen LogP contribution in [-0.2, 0) is 0 Å². The molecule has 1 nitrogen and oxygen atoms in total. The summed E-state index contributed by atoms with van der Waals surface area (Å²) in [6.07, 6.45) is 2.02. The number of benzene rings is 1. The Bertz CT molecular complexity index is 304. The van der Waals surface area contributed by atoms with E-state index in [0.29, 0.717) is 6.61 Å². The highest BCUT2D eigenvalue weighted by atomic mass is 79.9. The molecule has 2 rings (SSSR count). The van der Waals surface area contributed by atoms with Crippen LogP contribution in [0.4, 0.5) is 0 Å². The van der Waals surface area contributed by atoms with Crippen LogP contribution in [-0.4, -0.2) is 6.61 Å². The van der Waals surface area contributed by atoms with Crippen LogP contribution >= 0.6 is 15.9 Å². The van der Waals surface area contributed by atoms with Gasteiger partial charge in [-0.1, -0.05) is 34.1 Å². The number of rotatable bonds is 0. The molecule has 0 aliphatic carbocycles. The molecule has 0 fully saturated rings. The molecule has 0 saturated carbocycles. The smallest absolute Gasteiger partial charge is 0.128 e. The SMILES string of the molecule is BrC1=CCOc2ccccc21. The summed E-state index contributed by atoms with van der Waals surface area (Å²) in [5, 5.41) is 0. The van der Waals surface area contributed by atoms with Crippen LogP contribution in [0.3, 0.4) is 0 Å². The van der Waals surface area contributed by atoms with E-state index in [1.807, 2.05) is 30.3 Å². The van der Waals surface area contributed by atoms with Gasteiger partial charge in [-0.3, -0.25) is 0 Å². The van der Waals surface area contributed by atoms with E-state index in [1.54, 1.807) is 0 Å². The molecule has 1 aliphatic rings. The quantitative estimate of drug-likeness (QED) is 0.641. The molecular formula is C9H7BrO. The minimum atomic E-state index is 0.664. The van der Waals surface area contributed by atoms with Crippen molar-refractivity contribution in [3.63, 3.8) is 0 Å². The van der Waals surface area contributed by atoms with Crippen LogP contribution in [0.25, 0.3) is 4.48 Å². The molecule has 2 heteroatoms. The summed E-state index contributed by atoms with van der Waals surface area (Å²) in [7, 11) is 0. The summed E-state index contributed by atoms with van der Waals surface area (Å²) in [5.74, 6) is 0.960. The second-order valence-electron chi connectivity index (χ2n) is 2.36. The molecule has 1 aromatic carbocycles. The lowest BCUT2D eigenvalue weighted by molar-refractivity contribution is 0.358. The predicted octanol–water partition coefficient (Wildman–Crippen LogP) is 2.81. The zero-order valence-corrected chi connectivity index (χ0v) is 7.47. The minimum absolute atomic E-state index is 0.664. The third kappa shape index (κ3) is 1.18. The summed E-state index contributed by atoms with van der Waals surface area (Å²) in [4.78, 5) is 0. The zero-order chi connectivity index (χ0) is 7.68. The number of ether oxygens (including phenoxy) is 1. The monoisotopic (exact) mass is 210 g/mol. The Hall–Kier alpha value is -0.760. The summed E-state index contributed by atoms with van der Waals surface area (Å²) in [5.41, 5.74) is 1.14. The maximum atomic E-state index is 5.39. The second kappa shape index (κ2) is 2.70. The maximum absolute atomic E-state index is 5.39. The molecule has 0 bridgehead atoms. The Morgan fingerprint density at radius 3 is 2.91 bits per heavy atom. The van der Waals surface area contributed by atoms with Gasteiger partial charge in [-0.25, -0.2) is 0 Å².